The van der Waals surface area contributed by atoms with E-state index < -0.39 is 0 Å². The number of benzene rings is 1. The van der Waals surface area contributed by atoms with Crippen LogP contribution in [0.4, 0.5) is 5.82 Å². The molecule has 0 radical (unpaired) electrons. The van der Waals surface area contributed by atoms with Crippen LogP contribution in [0.3, 0.4) is 0 Å². The number of imidazole rings is 1. The van der Waals surface area contributed by atoms with Gasteiger partial charge in [-0.3, -0.25) is 0 Å². The lowest BCUT2D eigenvalue weighted by atomic mass is 9.88. The second-order valence-electron chi connectivity index (χ2n) is 10.7. The Balaban J connectivity index is 1.02. The van der Waals surface area contributed by atoms with Crippen LogP contribution < -0.4 is 4.90 Å². The normalized spacial score (nSPS) is 17.1. The van der Waals surface area contributed by atoms with Gasteiger partial charge in [-0.15, -0.1) is 0 Å². The van der Waals surface area contributed by atoms with Crippen molar-refractivity contribution in [2.24, 2.45) is 0 Å². The first-order chi connectivity index (χ1) is 18.7. The summed E-state index contributed by atoms with van der Waals surface area (Å²) in [7, 11) is 0. The largest absolute Gasteiger partial charge is 0.356 e. The van der Waals surface area contributed by atoms with Crippen LogP contribution in [0.1, 0.15) is 35.6 Å². The predicted molar refractivity (Wildman–Crippen MR) is 155 cm³/mol. The first kappa shape index (κ1) is 23.2. The molecule has 192 valence electrons. The summed E-state index contributed by atoms with van der Waals surface area (Å²) in [6, 6.07) is 21.8. The maximum atomic E-state index is 5.17. The fraction of sp³-hybridized carbons (Fsp3) is 0.312. The van der Waals surface area contributed by atoms with E-state index in [9.17, 15) is 0 Å². The van der Waals surface area contributed by atoms with Crippen LogP contribution in [0, 0.1) is 6.92 Å². The van der Waals surface area contributed by atoms with E-state index in [0.717, 1.165) is 69.2 Å². The molecule has 1 saturated heterocycles. The van der Waals surface area contributed by atoms with Gasteiger partial charge in [-0.25, -0.2) is 9.97 Å². The number of rotatable bonds is 6. The molecule has 7 rings (SSSR count). The minimum absolute atomic E-state index is 0.671. The summed E-state index contributed by atoms with van der Waals surface area (Å²) in [4.78, 5) is 14.6. The van der Waals surface area contributed by atoms with E-state index in [1.807, 2.05) is 6.20 Å². The lowest BCUT2D eigenvalue weighted by Crippen LogP contribution is -2.46. The number of pyridine rings is 2. The Morgan fingerprint density at radius 2 is 1.82 bits per heavy atom. The molecule has 0 atom stereocenters. The van der Waals surface area contributed by atoms with Crippen LogP contribution in [0.5, 0.6) is 0 Å². The third kappa shape index (κ3) is 4.29. The Hall–Kier alpha value is -3.90. The molecule has 0 spiro atoms. The predicted octanol–water partition coefficient (Wildman–Crippen LogP) is 5.78. The zero-order valence-corrected chi connectivity index (χ0v) is 22.0. The van der Waals surface area contributed by atoms with Gasteiger partial charge in [0.2, 0.25) is 0 Å². The van der Waals surface area contributed by atoms with Crippen molar-refractivity contribution in [1.29, 1.82) is 0 Å². The molecule has 0 saturated carbocycles. The zero-order chi connectivity index (χ0) is 25.5. The molecule has 38 heavy (non-hydrogen) atoms. The average molecular weight is 503 g/mol. The average Bonchev–Trinajstić information content (AvgIpc) is 3.49. The van der Waals surface area contributed by atoms with Gasteiger partial charge in [-0.2, -0.15) is 0 Å². The number of likely N-dealkylation sites (tertiary alicyclic amines) is 1. The molecule has 0 amide bonds. The van der Waals surface area contributed by atoms with E-state index in [1.54, 1.807) is 0 Å². The highest BCUT2D eigenvalue weighted by Crippen LogP contribution is 2.30. The van der Waals surface area contributed by atoms with Gasteiger partial charge in [0.15, 0.2) is 0 Å². The van der Waals surface area contributed by atoms with E-state index in [4.69, 9.17) is 4.98 Å². The smallest absolute Gasteiger partial charge is 0.142 e. The lowest BCUT2D eigenvalue weighted by molar-refractivity contribution is 0.143. The van der Waals surface area contributed by atoms with Crippen LogP contribution in [0.2, 0.25) is 0 Å². The van der Waals surface area contributed by atoms with E-state index >= 15 is 0 Å². The van der Waals surface area contributed by atoms with Crippen molar-refractivity contribution < 1.29 is 0 Å². The summed E-state index contributed by atoms with van der Waals surface area (Å²) in [5.74, 6) is 1.75. The number of nitrogens with zero attached hydrogens (tertiary/aromatic N) is 6. The topological polar surface area (TPSA) is 41.6 Å². The van der Waals surface area contributed by atoms with Crippen LogP contribution >= 0.6 is 0 Å². The van der Waals surface area contributed by atoms with Crippen molar-refractivity contribution in [3.05, 3.63) is 102 Å². The standard InChI is InChI=1S/C32H34N6/c1-24-6-2-3-8-28(24)27-22-35(23-27)20-21-37-18-14-26-11-12-31(34-32(26)37)36-16-5-7-25(13-17-36)29-9-4-10-30-33-15-19-38(29)30/h2-4,6-12,14-15,18-19,27H,5,13,16-17,20-23H2,1H3. The van der Waals surface area contributed by atoms with Gasteiger partial charge in [-0.05, 0) is 66.8 Å². The Kier molecular flexibility index (Phi) is 5.97. The van der Waals surface area contributed by atoms with E-state index in [0.29, 0.717) is 5.92 Å². The van der Waals surface area contributed by atoms with Gasteiger partial charge in [-0.1, -0.05) is 36.4 Å². The Bertz CT molecular complexity index is 1620. The number of aryl methyl sites for hydroxylation is 1. The van der Waals surface area contributed by atoms with Crippen molar-refractivity contribution in [2.75, 3.05) is 37.6 Å². The molecular weight excluding hydrogens is 468 g/mol. The van der Waals surface area contributed by atoms with Crippen molar-refractivity contribution in [1.82, 2.24) is 23.8 Å². The summed E-state index contributed by atoms with van der Waals surface area (Å²) in [5.41, 5.74) is 7.66. The van der Waals surface area contributed by atoms with Gasteiger partial charge >= 0.3 is 0 Å². The first-order valence-corrected chi connectivity index (χ1v) is 13.8. The summed E-state index contributed by atoms with van der Waals surface area (Å²) in [6.45, 7) is 8.52. The second kappa shape index (κ2) is 9.76. The molecule has 0 aliphatic carbocycles. The third-order valence-corrected chi connectivity index (χ3v) is 8.36. The Labute approximate surface area is 223 Å². The quantitative estimate of drug-likeness (QED) is 0.295. The van der Waals surface area contributed by atoms with E-state index in [1.165, 1.54) is 27.8 Å². The number of aromatic nitrogens is 4. The minimum Gasteiger partial charge on any atom is -0.356 e. The molecule has 4 aromatic heterocycles. The lowest BCUT2D eigenvalue weighted by Gasteiger charge is -2.40. The summed E-state index contributed by atoms with van der Waals surface area (Å²) >= 11 is 0. The fourth-order valence-electron chi connectivity index (χ4n) is 6.18. The van der Waals surface area contributed by atoms with Crippen LogP contribution in [-0.2, 0) is 6.54 Å². The minimum atomic E-state index is 0.671. The molecule has 6 heteroatoms. The monoisotopic (exact) mass is 502 g/mol. The maximum absolute atomic E-state index is 5.17. The summed E-state index contributed by atoms with van der Waals surface area (Å²) in [6.07, 6.45) is 10.5. The fourth-order valence-corrected chi connectivity index (χ4v) is 6.18. The Morgan fingerprint density at radius 3 is 2.74 bits per heavy atom. The van der Waals surface area contributed by atoms with E-state index in [-0.39, 0.29) is 0 Å². The van der Waals surface area contributed by atoms with Crippen LogP contribution in [0.15, 0.2) is 85.3 Å². The summed E-state index contributed by atoms with van der Waals surface area (Å²) in [5, 5.41) is 1.22. The highest BCUT2D eigenvalue weighted by Gasteiger charge is 2.28. The number of fused-ring (bicyclic) bond motifs is 2. The number of hydrogen-bond acceptors (Lipinski definition) is 4. The molecule has 5 aromatic rings. The molecule has 0 bridgehead atoms. The molecule has 0 N–H and O–H groups in total. The highest BCUT2D eigenvalue weighted by molar-refractivity contribution is 5.78. The third-order valence-electron chi connectivity index (χ3n) is 8.36. The van der Waals surface area contributed by atoms with Gasteiger partial charge in [0.1, 0.15) is 17.1 Å². The van der Waals surface area contributed by atoms with Gasteiger partial charge in [0, 0.05) is 74.9 Å². The maximum Gasteiger partial charge on any atom is 0.142 e. The molecule has 2 aliphatic rings. The number of hydrogen-bond donors (Lipinski definition) is 0. The number of anilines is 1. The van der Waals surface area contributed by atoms with Crippen molar-refractivity contribution in [3.63, 3.8) is 0 Å². The molecule has 2 aliphatic heterocycles. The molecule has 0 unspecified atom stereocenters. The van der Waals surface area contributed by atoms with Crippen LogP contribution in [0.25, 0.3) is 22.3 Å². The first-order valence-electron chi connectivity index (χ1n) is 13.8. The highest BCUT2D eigenvalue weighted by atomic mass is 15.2. The molecule has 1 fully saturated rings. The van der Waals surface area contributed by atoms with Crippen molar-refractivity contribution in [2.45, 2.75) is 32.2 Å². The molecule has 6 nitrogen and oxygen atoms in total. The molecule has 1 aromatic carbocycles. The van der Waals surface area contributed by atoms with E-state index in [2.05, 4.69) is 110 Å². The van der Waals surface area contributed by atoms with Crippen LogP contribution in [-0.4, -0.2) is 56.6 Å². The Morgan fingerprint density at radius 1 is 0.895 bits per heavy atom. The van der Waals surface area contributed by atoms with Gasteiger partial charge in [0.25, 0.3) is 0 Å². The zero-order valence-electron chi connectivity index (χ0n) is 22.0. The van der Waals surface area contributed by atoms with Crippen molar-refractivity contribution >= 4 is 28.1 Å². The second-order valence-corrected chi connectivity index (χ2v) is 10.7. The van der Waals surface area contributed by atoms with Gasteiger partial charge in [0.05, 0.1) is 0 Å². The molecular formula is C32H34N6. The van der Waals surface area contributed by atoms with Crippen molar-refractivity contribution in [3.8, 4) is 0 Å². The SMILES string of the molecule is Cc1ccccc1C1CN(CCn2ccc3ccc(N4CCC=C(c5cccc6nccn56)CC4)nc32)C1. The molecule has 6 heterocycles. The van der Waals surface area contributed by atoms with Gasteiger partial charge < -0.3 is 18.8 Å². The summed E-state index contributed by atoms with van der Waals surface area (Å²) < 4.78 is 4.53.